The van der Waals surface area contributed by atoms with Gasteiger partial charge in [0.05, 0.1) is 10.7 Å². The molecular weight excluding hydrogens is 331 g/mol. The minimum atomic E-state index is -0.167. The second kappa shape index (κ2) is 7.03. The van der Waals surface area contributed by atoms with E-state index in [1.807, 2.05) is 6.07 Å². The van der Waals surface area contributed by atoms with Crippen LogP contribution in [0.3, 0.4) is 0 Å². The fourth-order valence-electron chi connectivity index (χ4n) is 1.80. The molecule has 0 aliphatic carbocycles. The van der Waals surface area contributed by atoms with Crippen molar-refractivity contribution >= 4 is 46.4 Å². The van der Waals surface area contributed by atoms with Crippen molar-refractivity contribution in [1.82, 2.24) is 5.32 Å². The number of amides is 1. The summed E-state index contributed by atoms with van der Waals surface area (Å²) in [5, 5.41) is 7.44. The fraction of sp³-hybridized carbons (Fsp3) is 0.133. The number of hydrogen-bond acceptors (Lipinski definition) is 2. The maximum Gasteiger partial charge on any atom is 0.251 e. The summed E-state index contributed by atoms with van der Waals surface area (Å²) in [4.78, 5) is 11.6. The first-order valence-electron chi connectivity index (χ1n) is 6.20. The average Bonchev–Trinajstić information content (AvgIpc) is 2.47. The van der Waals surface area contributed by atoms with Crippen LogP contribution in [0.5, 0.6) is 0 Å². The maximum atomic E-state index is 11.6. The molecule has 1 amide bonds. The molecule has 0 radical (unpaired) electrons. The van der Waals surface area contributed by atoms with Crippen molar-refractivity contribution in [2.75, 3.05) is 12.4 Å². The van der Waals surface area contributed by atoms with E-state index < -0.39 is 0 Å². The number of nitrogens with one attached hydrogen (secondary N) is 2. The Labute approximate surface area is 138 Å². The van der Waals surface area contributed by atoms with Gasteiger partial charge < -0.3 is 10.6 Å². The summed E-state index contributed by atoms with van der Waals surface area (Å²) in [6.45, 7) is 0.479. The highest BCUT2D eigenvalue weighted by Crippen LogP contribution is 2.26. The molecule has 0 aliphatic rings. The lowest BCUT2D eigenvalue weighted by Gasteiger charge is -2.11. The second-order valence-electron chi connectivity index (χ2n) is 4.36. The Bertz CT molecular complexity index is 674. The van der Waals surface area contributed by atoms with E-state index in [1.54, 1.807) is 37.4 Å². The molecule has 6 heteroatoms. The molecule has 0 unspecified atom stereocenters. The molecular formula is C15H13Cl3N2O. The second-order valence-corrected chi connectivity index (χ2v) is 5.61. The maximum absolute atomic E-state index is 11.6. The van der Waals surface area contributed by atoms with Crippen molar-refractivity contribution in [2.24, 2.45) is 0 Å². The van der Waals surface area contributed by atoms with Crippen LogP contribution in [0.15, 0.2) is 36.4 Å². The van der Waals surface area contributed by atoms with E-state index >= 15 is 0 Å². The van der Waals surface area contributed by atoms with E-state index in [4.69, 9.17) is 34.8 Å². The predicted octanol–water partition coefficient (Wildman–Crippen LogP) is 4.62. The van der Waals surface area contributed by atoms with Gasteiger partial charge in [0.2, 0.25) is 0 Å². The zero-order chi connectivity index (χ0) is 15.4. The third kappa shape index (κ3) is 4.03. The molecule has 0 aliphatic heterocycles. The third-order valence-corrected chi connectivity index (χ3v) is 3.86. The highest BCUT2D eigenvalue weighted by Gasteiger charge is 2.08. The molecule has 3 nitrogen and oxygen atoms in total. The Morgan fingerprint density at radius 2 is 1.81 bits per heavy atom. The van der Waals surface area contributed by atoms with Gasteiger partial charge in [0.25, 0.3) is 5.91 Å². The largest absolute Gasteiger partial charge is 0.380 e. The molecule has 2 aromatic carbocycles. The molecule has 0 fully saturated rings. The zero-order valence-corrected chi connectivity index (χ0v) is 13.5. The van der Waals surface area contributed by atoms with Crippen LogP contribution in [0.4, 0.5) is 5.69 Å². The molecule has 0 bridgehead atoms. The van der Waals surface area contributed by atoms with E-state index in [9.17, 15) is 4.79 Å². The number of carbonyl (C=O) groups excluding carboxylic acids is 1. The van der Waals surface area contributed by atoms with Gasteiger partial charge in [-0.15, -0.1) is 0 Å². The molecule has 0 aromatic heterocycles. The summed E-state index contributed by atoms with van der Waals surface area (Å²) in [5.74, 6) is -0.167. The van der Waals surface area contributed by atoms with Gasteiger partial charge in [0, 0.05) is 29.2 Å². The van der Waals surface area contributed by atoms with Gasteiger partial charge >= 0.3 is 0 Å². The first-order valence-corrected chi connectivity index (χ1v) is 7.34. The van der Waals surface area contributed by atoms with Crippen LogP contribution in [0, 0.1) is 0 Å². The Hall–Kier alpha value is -1.42. The number of anilines is 1. The zero-order valence-electron chi connectivity index (χ0n) is 11.2. The van der Waals surface area contributed by atoms with Crippen molar-refractivity contribution in [1.29, 1.82) is 0 Å². The summed E-state index contributed by atoms with van der Waals surface area (Å²) >= 11 is 18.1. The molecule has 110 valence electrons. The van der Waals surface area contributed by atoms with Crippen LogP contribution >= 0.6 is 34.8 Å². The number of benzene rings is 2. The van der Waals surface area contributed by atoms with Crippen molar-refractivity contribution in [3.63, 3.8) is 0 Å². The van der Waals surface area contributed by atoms with Crippen molar-refractivity contribution in [3.8, 4) is 0 Å². The molecule has 0 heterocycles. The van der Waals surface area contributed by atoms with Gasteiger partial charge in [-0.3, -0.25) is 4.79 Å². The summed E-state index contributed by atoms with van der Waals surface area (Å²) in [5.41, 5.74) is 2.10. The lowest BCUT2D eigenvalue weighted by Crippen LogP contribution is -2.17. The predicted molar refractivity (Wildman–Crippen MR) is 88.6 cm³/mol. The minimum Gasteiger partial charge on any atom is -0.380 e. The Morgan fingerprint density at radius 3 is 2.48 bits per heavy atom. The van der Waals surface area contributed by atoms with Gasteiger partial charge in [0.15, 0.2) is 0 Å². The molecule has 0 saturated carbocycles. The summed E-state index contributed by atoms with van der Waals surface area (Å²) in [6.07, 6.45) is 0. The highest BCUT2D eigenvalue weighted by atomic mass is 35.5. The molecule has 0 spiro atoms. The molecule has 0 atom stereocenters. The van der Waals surface area contributed by atoms with E-state index in [-0.39, 0.29) is 5.91 Å². The van der Waals surface area contributed by atoms with Gasteiger partial charge in [-0.05, 0) is 35.9 Å². The lowest BCUT2D eigenvalue weighted by atomic mass is 10.1. The summed E-state index contributed by atoms with van der Waals surface area (Å²) in [7, 11) is 1.58. The minimum absolute atomic E-state index is 0.167. The number of carbonyl (C=O) groups is 1. The third-order valence-electron chi connectivity index (χ3n) is 2.94. The lowest BCUT2D eigenvalue weighted by molar-refractivity contribution is 0.0963. The smallest absolute Gasteiger partial charge is 0.251 e. The normalized spacial score (nSPS) is 10.3. The molecule has 21 heavy (non-hydrogen) atoms. The monoisotopic (exact) mass is 342 g/mol. The standard InChI is InChI=1S/C15H13Cl3N2O/c1-19-15(21)9-3-5-12(17)14(6-9)20-8-10-2-4-11(16)7-13(10)18/h2-7,20H,8H2,1H3,(H,19,21). The van der Waals surface area contributed by atoms with E-state index in [2.05, 4.69) is 10.6 Å². The molecule has 2 N–H and O–H groups in total. The summed E-state index contributed by atoms with van der Waals surface area (Å²) < 4.78 is 0. The van der Waals surface area contributed by atoms with Crippen LogP contribution in [0.25, 0.3) is 0 Å². The van der Waals surface area contributed by atoms with Gasteiger partial charge in [-0.25, -0.2) is 0 Å². The van der Waals surface area contributed by atoms with Crippen LogP contribution in [-0.2, 0) is 6.54 Å². The van der Waals surface area contributed by atoms with Crippen LogP contribution in [0.2, 0.25) is 15.1 Å². The van der Waals surface area contributed by atoms with Gasteiger partial charge in [-0.2, -0.15) is 0 Å². The van der Waals surface area contributed by atoms with Gasteiger partial charge in [0.1, 0.15) is 0 Å². The first kappa shape index (κ1) is 16.0. The van der Waals surface area contributed by atoms with E-state index in [0.717, 1.165) is 5.56 Å². The van der Waals surface area contributed by atoms with Crippen molar-refractivity contribution in [3.05, 3.63) is 62.6 Å². The SMILES string of the molecule is CNC(=O)c1ccc(Cl)c(NCc2ccc(Cl)cc2Cl)c1. The highest BCUT2D eigenvalue weighted by molar-refractivity contribution is 6.35. The van der Waals surface area contributed by atoms with E-state index in [0.29, 0.717) is 32.9 Å². The first-order chi connectivity index (χ1) is 10.0. The number of halogens is 3. The Balaban J connectivity index is 2.17. The number of hydrogen-bond donors (Lipinski definition) is 2. The molecule has 2 rings (SSSR count). The molecule has 2 aromatic rings. The molecule has 0 saturated heterocycles. The van der Waals surface area contributed by atoms with Crippen molar-refractivity contribution < 1.29 is 4.79 Å². The van der Waals surface area contributed by atoms with E-state index in [1.165, 1.54) is 0 Å². The summed E-state index contributed by atoms with van der Waals surface area (Å²) in [6, 6.07) is 10.3. The Morgan fingerprint density at radius 1 is 1.05 bits per heavy atom. The Kier molecular flexibility index (Phi) is 5.34. The van der Waals surface area contributed by atoms with Crippen LogP contribution < -0.4 is 10.6 Å². The number of rotatable bonds is 4. The van der Waals surface area contributed by atoms with Gasteiger partial charge in [-0.1, -0.05) is 40.9 Å². The average molecular weight is 344 g/mol. The topological polar surface area (TPSA) is 41.1 Å². The van der Waals surface area contributed by atoms with Crippen molar-refractivity contribution in [2.45, 2.75) is 6.54 Å². The van der Waals surface area contributed by atoms with Crippen LogP contribution in [0.1, 0.15) is 15.9 Å². The van der Waals surface area contributed by atoms with Crippen LogP contribution in [-0.4, -0.2) is 13.0 Å². The fourth-order valence-corrected chi connectivity index (χ4v) is 2.46. The quantitative estimate of drug-likeness (QED) is 0.850.